The molecule has 0 radical (unpaired) electrons. The summed E-state index contributed by atoms with van der Waals surface area (Å²) in [7, 11) is 1.64. The molecule has 4 aromatic rings. The normalized spacial score (nSPS) is 17.5. The number of H-pyrrole nitrogens is 1. The molecule has 0 saturated carbocycles. The third-order valence-electron chi connectivity index (χ3n) is 7.66. The van der Waals surface area contributed by atoms with E-state index < -0.39 is 40.8 Å². The number of fused-ring (bicyclic) bond motifs is 1. The highest BCUT2D eigenvalue weighted by Crippen LogP contribution is 2.38. The van der Waals surface area contributed by atoms with E-state index in [4.69, 9.17) is 9.47 Å². The number of carbonyl (C=O) groups is 1. The molecule has 1 aliphatic heterocycles. The number of likely N-dealkylation sites (tertiary alicyclic amines) is 1. The fourth-order valence-corrected chi connectivity index (χ4v) is 5.56. The van der Waals surface area contributed by atoms with Crippen LogP contribution in [0.3, 0.4) is 0 Å². The first-order valence-electron chi connectivity index (χ1n) is 13.5. The lowest BCUT2D eigenvalue weighted by molar-refractivity contribution is -0.0138. The second-order valence-electron chi connectivity index (χ2n) is 10.1. The van der Waals surface area contributed by atoms with Crippen LogP contribution in [0.5, 0.6) is 11.5 Å². The summed E-state index contributed by atoms with van der Waals surface area (Å²) in [5.41, 5.74) is 3.85. The average molecular weight is 589 g/mol. The first-order valence-corrected chi connectivity index (χ1v) is 13.5. The molecule has 2 heterocycles. The number of hydrogen-bond donors (Lipinski definition) is 1. The van der Waals surface area contributed by atoms with Gasteiger partial charge < -0.3 is 19.2 Å². The Morgan fingerprint density at radius 3 is 2.31 bits per heavy atom. The highest BCUT2D eigenvalue weighted by Gasteiger charge is 2.32. The predicted molar refractivity (Wildman–Crippen MR) is 145 cm³/mol. The molecule has 0 bridgehead atoms. The number of piperidine rings is 1. The van der Waals surface area contributed by atoms with Gasteiger partial charge >= 0.3 is 5.97 Å². The summed E-state index contributed by atoms with van der Waals surface area (Å²) in [5, 5.41) is 1.06. The Labute approximate surface area is 239 Å². The van der Waals surface area contributed by atoms with Crippen molar-refractivity contribution in [2.24, 2.45) is 0 Å². The van der Waals surface area contributed by atoms with Crippen molar-refractivity contribution < 1.29 is 41.0 Å². The van der Waals surface area contributed by atoms with Crippen LogP contribution < -0.4 is 9.47 Å². The van der Waals surface area contributed by atoms with Crippen molar-refractivity contribution >= 4 is 16.9 Å². The number of aryl methyl sites for hydroxylation is 1. The van der Waals surface area contributed by atoms with Crippen LogP contribution >= 0.6 is 0 Å². The number of methoxy groups -OCH3 is 1. The molecular formula is C31H29F5N2O4. The summed E-state index contributed by atoms with van der Waals surface area (Å²) < 4.78 is 84.8. The minimum absolute atomic E-state index is 0.0160. The molecule has 0 spiro atoms. The van der Waals surface area contributed by atoms with E-state index in [1.807, 2.05) is 32.2 Å². The van der Waals surface area contributed by atoms with Crippen molar-refractivity contribution in [1.82, 2.24) is 9.88 Å². The van der Waals surface area contributed by atoms with Gasteiger partial charge in [-0.3, -0.25) is 4.90 Å². The number of nitrogens with one attached hydrogen (secondary N) is 1. The third kappa shape index (κ3) is 5.46. The van der Waals surface area contributed by atoms with E-state index in [-0.39, 0.29) is 17.7 Å². The van der Waals surface area contributed by atoms with Gasteiger partial charge in [0.1, 0.15) is 5.75 Å². The zero-order chi connectivity index (χ0) is 30.1. The number of nitrogens with zero attached hydrogens (tertiary/aromatic N) is 1. The van der Waals surface area contributed by atoms with Crippen molar-refractivity contribution in [2.75, 3.05) is 20.3 Å². The number of benzene rings is 3. The second-order valence-corrected chi connectivity index (χ2v) is 10.1. The maximum Gasteiger partial charge on any atom is 0.343 e. The molecule has 222 valence electrons. The summed E-state index contributed by atoms with van der Waals surface area (Å²) in [5.74, 6) is -13.3. The van der Waals surface area contributed by atoms with E-state index in [0.717, 1.165) is 46.3 Å². The van der Waals surface area contributed by atoms with Crippen molar-refractivity contribution in [2.45, 2.75) is 45.4 Å². The summed E-state index contributed by atoms with van der Waals surface area (Å²) in [6.07, 6.45) is 3.40. The largest absolute Gasteiger partial charge is 0.496 e. The fourth-order valence-electron chi connectivity index (χ4n) is 5.56. The fraction of sp³-hybridized carbons (Fsp3) is 0.323. The van der Waals surface area contributed by atoms with Gasteiger partial charge in [-0.2, -0.15) is 8.78 Å². The second kappa shape index (κ2) is 12.1. The van der Waals surface area contributed by atoms with E-state index in [0.29, 0.717) is 19.6 Å². The van der Waals surface area contributed by atoms with Gasteiger partial charge in [-0.25, -0.2) is 18.0 Å². The van der Waals surface area contributed by atoms with E-state index in [1.165, 1.54) is 12.1 Å². The molecule has 3 aromatic carbocycles. The number of hydrogen-bond acceptors (Lipinski definition) is 5. The number of rotatable bonds is 8. The highest BCUT2D eigenvalue weighted by molar-refractivity contribution is 5.91. The van der Waals surface area contributed by atoms with Gasteiger partial charge in [0, 0.05) is 48.4 Å². The van der Waals surface area contributed by atoms with Crippen molar-refractivity contribution in [3.63, 3.8) is 0 Å². The Hall–Kier alpha value is -3.96. The topological polar surface area (TPSA) is 63.8 Å². The minimum Gasteiger partial charge on any atom is -0.496 e. The molecule has 1 aliphatic rings. The van der Waals surface area contributed by atoms with Crippen LogP contribution in [0.15, 0.2) is 42.6 Å². The molecule has 6 nitrogen and oxygen atoms in total. The quantitative estimate of drug-likeness (QED) is 0.0780. The maximum atomic E-state index is 14.0. The molecule has 0 aliphatic carbocycles. The minimum atomic E-state index is -2.34. The van der Waals surface area contributed by atoms with E-state index in [2.05, 4.69) is 14.6 Å². The molecule has 1 fully saturated rings. The number of aromatic amines is 1. The van der Waals surface area contributed by atoms with Gasteiger partial charge in [0.25, 0.3) is 0 Å². The van der Waals surface area contributed by atoms with Crippen molar-refractivity contribution in [3.8, 4) is 11.5 Å². The zero-order valence-electron chi connectivity index (χ0n) is 23.2. The maximum absolute atomic E-state index is 14.0. The number of esters is 1. The predicted octanol–water partition coefficient (Wildman–Crippen LogP) is 7.14. The number of ether oxygens (including phenoxy) is 3. The molecule has 5 rings (SSSR count). The van der Waals surface area contributed by atoms with E-state index in [1.54, 1.807) is 19.2 Å². The third-order valence-corrected chi connectivity index (χ3v) is 7.66. The van der Waals surface area contributed by atoms with Crippen LogP contribution in [0.4, 0.5) is 22.0 Å². The highest BCUT2D eigenvalue weighted by atomic mass is 19.2. The van der Waals surface area contributed by atoms with Crippen LogP contribution in [-0.4, -0.2) is 42.2 Å². The van der Waals surface area contributed by atoms with Gasteiger partial charge in [0.2, 0.25) is 34.8 Å². The van der Waals surface area contributed by atoms with Crippen LogP contribution in [0.1, 0.15) is 52.9 Å². The number of halogens is 5. The average Bonchev–Trinajstić information content (AvgIpc) is 3.50. The summed E-state index contributed by atoms with van der Waals surface area (Å²) in [4.78, 5) is 18.2. The molecule has 0 amide bonds. The van der Waals surface area contributed by atoms with Crippen LogP contribution in [0.2, 0.25) is 0 Å². The number of carbonyl (C=O) groups excluding carboxylic acids is 1. The first kappa shape index (κ1) is 29.5. The molecule has 2 atom stereocenters. The Morgan fingerprint density at radius 2 is 1.67 bits per heavy atom. The van der Waals surface area contributed by atoms with Gasteiger partial charge in [0.05, 0.1) is 18.8 Å². The Balaban J connectivity index is 1.42. The molecule has 11 heteroatoms. The number of aromatic nitrogens is 1. The standard InChI is InChI=1S/C31H29F5N2O4/c1-4-41-19-10-12-38(15-21-20-9-11-37-29(20)16(2)13-23(21)40-3)22(14-19)17-5-7-18(8-6-17)31(39)42-30-27(35)25(33)24(32)26(34)28(30)36/h5-9,11,13,19,22,37H,4,10,12,14-15H2,1-3H3. The zero-order valence-corrected chi connectivity index (χ0v) is 23.2. The molecule has 1 N–H and O–H groups in total. The summed E-state index contributed by atoms with van der Waals surface area (Å²) in [6.45, 7) is 5.81. The lowest BCUT2D eigenvalue weighted by Crippen LogP contribution is -2.39. The molecule has 2 unspecified atom stereocenters. The van der Waals surface area contributed by atoms with E-state index in [9.17, 15) is 26.7 Å². The SMILES string of the molecule is CCOC1CCN(Cc2c(OC)cc(C)c3[nH]ccc23)C(c2ccc(C(=O)Oc3c(F)c(F)c(F)c(F)c3F)cc2)C1. The smallest absolute Gasteiger partial charge is 0.343 e. The van der Waals surface area contributed by atoms with Gasteiger partial charge in [-0.05, 0) is 62.1 Å². The molecular weight excluding hydrogens is 559 g/mol. The van der Waals surface area contributed by atoms with Crippen molar-refractivity contribution in [1.29, 1.82) is 0 Å². The Bertz CT molecular complexity index is 1590. The lowest BCUT2D eigenvalue weighted by Gasteiger charge is -2.40. The van der Waals surface area contributed by atoms with Crippen molar-refractivity contribution in [3.05, 3.63) is 93.9 Å². The van der Waals surface area contributed by atoms with Gasteiger partial charge in [0.15, 0.2) is 0 Å². The summed E-state index contributed by atoms with van der Waals surface area (Å²) >= 11 is 0. The molecule has 1 aromatic heterocycles. The summed E-state index contributed by atoms with van der Waals surface area (Å²) in [6, 6.07) is 10.1. The van der Waals surface area contributed by atoms with E-state index >= 15 is 0 Å². The lowest BCUT2D eigenvalue weighted by atomic mass is 9.91. The van der Waals surface area contributed by atoms with Crippen LogP contribution in [0.25, 0.3) is 10.9 Å². The first-order chi connectivity index (χ1) is 20.1. The van der Waals surface area contributed by atoms with Gasteiger partial charge in [-0.1, -0.05) is 12.1 Å². The van der Waals surface area contributed by atoms with Gasteiger partial charge in [-0.15, -0.1) is 0 Å². The Kier molecular flexibility index (Phi) is 8.51. The monoisotopic (exact) mass is 588 g/mol. The molecule has 42 heavy (non-hydrogen) atoms. The van der Waals surface area contributed by atoms with Crippen LogP contribution in [0, 0.1) is 36.0 Å². The Morgan fingerprint density at radius 1 is 1.00 bits per heavy atom. The molecule has 1 saturated heterocycles. The van der Waals surface area contributed by atoms with Crippen LogP contribution in [-0.2, 0) is 11.3 Å².